The SMILES string of the molecule is CCOc1ccc(C=NNC(=O)c2cc(-c3ccc(OC)cc3)n[nH]2)cc1OC. The summed E-state index contributed by atoms with van der Waals surface area (Å²) in [5, 5.41) is 10.9. The minimum atomic E-state index is -0.397. The Morgan fingerprint density at radius 1 is 1.10 bits per heavy atom. The first-order valence-electron chi connectivity index (χ1n) is 8.98. The van der Waals surface area contributed by atoms with Crippen LogP contribution in [0.15, 0.2) is 53.6 Å². The normalized spacial score (nSPS) is 10.7. The van der Waals surface area contributed by atoms with Gasteiger partial charge in [-0.3, -0.25) is 9.89 Å². The van der Waals surface area contributed by atoms with Crippen LogP contribution in [0.2, 0.25) is 0 Å². The second kappa shape index (κ2) is 9.41. The number of methoxy groups -OCH3 is 2. The van der Waals surface area contributed by atoms with Crippen LogP contribution in [0, 0.1) is 0 Å². The number of carbonyl (C=O) groups is 1. The van der Waals surface area contributed by atoms with Gasteiger partial charge in [0.1, 0.15) is 11.4 Å². The number of nitrogens with zero attached hydrogens (tertiary/aromatic N) is 2. The van der Waals surface area contributed by atoms with Crippen molar-refractivity contribution in [2.24, 2.45) is 5.10 Å². The predicted molar refractivity (Wildman–Crippen MR) is 110 cm³/mol. The van der Waals surface area contributed by atoms with Crippen molar-refractivity contribution < 1.29 is 19.0 Å². The molecule has 0 spiro atoms. The molecule has 8 nitrogen and oxygen atoms in total. The lowest BCUT2D eigenvalue weighted by molar-refractivity contribution is 0.0950. The summed E-state index contributed by atoms with van der Waals surface area (Å²) in [6.07, 6.45) is 1.52. The summed E-state index contributed by atoms with van der Waals surface area (Å²) < 4.78 is 15.9. The average molecular weight is 394 g/mol. The highest BCUT2D eigenvalue weighted by Gasteiger charge is 2.10. The minimum Gasteiger partial charge on any atom is -0.497 e. The zero-order valence-electron chi connectivity index (χ0n) is 16.4. The Hall–Kier alpha value is -3.81. The predicted octanol–water partition coefficient (Wildman–Crippen LogP) is 3.26. The maximum Gasteiger partial charge on any atom is 0.289 e. The molecule has 0 radical (unpaired) electrons. The average Bonchev–Trinajstić information content (AvgIpc) is 3.25. The largest absolute Gasteiger partial charge is 0.497 e. The van der Waals surface area contributed by atoms with E-state index in [0.29, 0.717) is 29.5 Å². The highest BCUT2D eigenvalue weighted by Crippen LogP contribution is 2.27. The molecule has 3 rings (SSSR count). The van der Waals surface area contributed by atoms with Crippen molar-refractivity contribution in [3.8, 4) is 28.5 Å². The van der Waals surface area contributed by atoms with Gasteiger partial charge < -0.3 is 14.2 Å². The Morgan fingerprint density at radius 3 is 2.59 bits per heavy atom. The van der Waals surface area contributed by atoms with Crippen molar-refractivity contribution in [1.29, 1.82) is 0 Å². The first kappa shape index (κ1) is 19.9. The van der Waals surface area contributed by atoms with E-state index in [-0.39, 0.29) is 0 Å². The number of carbonyl (C=O) groups excluding carboxylic acids is 1. The Balaban J connectivity index is 1.64. The van der Waals surface area contributed by atoms with Crippen molar-refractivity contribution in [2.75, 3.05) is 20.8 Å². The number of hydrogen-bond donors (Lipinski definition) is 2. The van der Waals surface area contributed by atoms with Crippen molar-refractivity contribution in [2.45, 2.75) is 6.92 Å². The van der Waals surface area contributed by atoms with Crippen molar-refractivity contribution in [1.82, 2.24) is 15.6 Å². The van der Waals surface area contributed by atoms with Crippen molar-refractivity contribution >= 4 is 12.1 Å². The summed E-state index contributed by atoms with van der Waals surface area (Å²) in [6.45, 7) is 2.45. The van der Waals surface area contributed by atoms with Gasteiger partial charge in [-0.2, -0.15) is 10.2 Å². The molecule has 0 atom stereocenters. The number of H-pyrrole nitrogens is 1. The third-order valence-corrected chi connectivity index (χ3v) is 4.08. The smallest absolute Gasteiger partial charge is 0.289 e. The number of nitrogens with one attached hydrogen (secondary N) is 2. The Morgan fingerprint density at radius 2 is 1.90 bits per heavy atom. The molecule has 2 aromatic carbocycles. The van der Waals surface area contributed by atoms with E-state index in [4.69, 9.17) is 14.2 Å². The van der Waals surface area contributed by atoms with Gasteiger partial charge in [0.05, 0.1) is 32.7 Å². The lowest BCUT2D eigenvalue weighted by Crippen LogP contribution is -2.18. The van der Waals surface area contributed by atoms with Crippen molar-refractivity contribution in [3.63, 3.8) is 0 Å². The molecule has 0 saturated heterocycles. The first-order chi connectivity index (χ1) is 14.1. The molecule has 0 aliphatic carbocycles. The summed E-state index contributed by atoms with van der Waals surface area (Å²) in [6, 6.07) is 14.5. The van der Waals surface area contributed by atoms with Crippen LogP contribution in [0.4, 0.5) is 0 Å². The quantitative estimate of drug-likeness (QED) is 0.451. The molecule has 0 bridgehead atoms. The summed E-state index contributed by atoms with van der Waals surface area (Å²) in [5.41, 5.74) is 5.05. The van der Waals surface area contributed by atoms with E-state index in [9.17, 15) is 4.79 Å². The van der Waals surface area contributed by atoms with E-state index >= 15 is 0 Å². The van der Waals surface area contributed by atoms with Gasteiger partial charge in [0, 0.05) is 5.56 Å². The molecule has 0 unspecified atom stereocenters. The number of hydrogen-bond acceptors (Lipinski definition) is 6. The molecule has 8 heteroatoms. The van der Waals surface area contributed by atoms with Crippen LogP contribution in [0.3, 0.4) is 0 Å². The van der Waals surface area contributed by atoms with Gasteiger partial charge in [0.15, 0.2) is 11.5 Å². The monoisotopic (exact) mass is 394 g/mol. The molecule has 0 saturated carbocycles. The number of rotatable bonds is 8. The highest BCUT2D eigenvalue weighted by atomic mass is 16.5. The van der Waals surface area contributed by atoms with Gasteiger partial charge in [0.25, 0.3) is 5.91 Å². The van der Waals surface area contributed by atoms with Gasteiger partial charge in [0.2, 0.25) is 0 Å². The van der Waals surface area contributed by atoms with Gasteiger partial charge in [-0.25, -0.2) is 5.43 Å². The number of amides is 1. The molecule has 2 N–H and O–H groups in total. The molecule has 0 aliphatic rings. The third-order valence-electron chi connectivity index (χ3n) is 4.08. The first-order valence-corrected chi connectivity index (χ1v) is 8.98. The highest BCUT2D eigenvalue weighted by molar-refractivity contribution is 5.94. The molecule has 3 aromatic rings. The third kappa shape index (κ3) is 4.92. The molecule has 0 fully saturated rings. The summed E-state index contributed by atoms with van der Waals surface area (Å²) in [7, 11) is 3.18. The van der Waals surface area contributed by atoms with Crippen LogP contribution in [0.5, 0.6) is 17.2 Å². The Bertz CT molecular complexity index is 996. The van der Waals surface area contributed by atoms with E-state index < -0.39 is 5.91 Å². The van der Waals surface area contributed by atoms with Gasteiger partial charge in [-0.05, 0) is 61.0 Å². The molecule has 1 amide bonds. The summed E-state index contributed by atoms with van der Waals surface area (Å²) in [4.78, 5) is 12.3. The van der Waals surface area contributed by atoms with Gasteiger partial charge >= 0.3 is 0 Å². The van der Waals surface area contributed by atoms with Crippen LogP contribution in [-0.4, -0.2) is 43.1 Å². The Kier molecular flexibility index (Phi) is 6.47. The van der Waals surface area contributed by atoms with Gasteiger partial charge in [-0.15, -0.1) is 0 Å². The van der Waals surface area contributed by atoms with Crippen LogP contribution < -0.4 is 19.6 Å². The second-order valence-corrected chi connectivity index (χ2v) is 5.94. The number of aromatic nitrogens is 2. The van der Waals surface area contributed by atoms with Crippen LogP contribution in [-0.2, 0) is 0 Å². The zero-order valence-corrected chi connectivity index (χ0v) is 16.4. The van der Waals surface area contributed by atoms with E-state index in [2.05, 4.69) is 20.7 Å². The number of aromatic amines is 1. The summed E-state index contributed by atoms with van der Waals surface area (Å²) >= 11 is 0. The molecule has 1 heterocycles. The van der Waals surface area contributed by atoms with E-state index in [1.807, 2.05) is 37.3 Å². The molecule has 0 aliphatic heterocycles. The lowest BCUT2D eigenvalue weighted by atomic mass is 10.1. The minimum absolute atomic E-state index is 0.303. The van der Waals surface area contributed by atoms with E-state index in [0.717, 1.165) is 16.9 Å². The fourth-order valence-corrected chi connectivity index (χ4v) is 2.61. The number of ether oxygens (including phenoxy) is 3. The molecular formula is C21H22N4O4. The van der Waals surface area contributed by atoms with E-state index in [1.165, 1.54) is 6.21 Å². The standard InChI is InChI=1S/C21H22N4O4/c1-4-29-19-10-5-14(11-20(19)28-3)13-22-25-21(26)18-12-17(23-24-18)15-6-8-16(27-2)9-7-15/h5-13H,4H2,1-3H3,(H,23,24)(H,25,26). The number of benzene rings is 2. The molecule has 29 heavy (non-hydrogen) atoms. The van der Waals surface area contributed by atoms with Crippen LogP contribution >= 0.6 is 0 Å². The maximum atomic E-state index is 12.3. The Labute approximate surface area is 168 Å². The zero-order chi connectivity index (χ0) is 20.6. The lowest BCUT2D eigenvalue weighted by Gasteiger charge is -2.09. The molecule has 150 valence electrons. The van der Waals surface area contributed by atoms with Gasteiger partial charge in [-0.1, -0.05) is 0 Å². The fourth-order valence-electron chi connectivity index (χ4n) is 2.61. The van der Waals surface area contributed by atoms with E-state index in [1.54, 1.807) is 32.4 Å². The fraction of sp³-hybridized carbons (Fsp3) is 0.190. The molecule has 1 aromatic heterocycles. The molecular weight excluding hydrogens is 372 g/mol. The second-order valence-electron chi connectivity index (χ2n) is 5.94. The topological polar surface area (TPSA) is 97.8 Å². The van der Waals surface area contributed by atoms with Crippen LogP contribution in [0.25, 0.3) is 11.3 Å². The van der Waals surface area contributed by atoms with Crippen molar-refractivity contribution in [3.05, 3.63) is 59.8 Å². The van der Waals surface area contributed by atoms with Crippen LogP contribution in [0.1, 0.15) is 23.0 Å². The maximum absolute atomic E-state index is 12.3. The number of hydrazone groups is 1. The summed E-state index contributed by atoms with van der Waals surface area (Å²) in [5.74, 6) is 1.61.